The lowest BCUT2D eigenvalue weighted by atomic mass is 10.1. The van der Waals surface area contributed by atoms with E-state index in [0.717, 1.165) is 10.7 Å². The fourth-order valence-corrected chi connectivity index (χ4v) is 4.60. The number of carbonyl (C=O) groups is 2. The van der Waals surface area contributed by atoms with Crippen LogP contribution in [0.1, 0.15) is 32.8 Å². The number of sulfonamides is 1. The van der Waals surface area contributed by atoms with E-state index < -0.39 is 28.5 Å². The van der Waals surface area contributed by atoms with Gasteiger partial charge in [-0.2, -0.15) is 4.31 Å². The Kier molecular flexibility index (Phi) is 10.2. The molecule has 0 fully saturated rings. The monoisotopic (exact) mass is 547 g/mol. The van der Waals surface area contributed by atoms with Crippen LogP contribution in [0.25, 0.3) is 0 Å². The van der Waals surface area contributed by atoms with E-state index in [2.05, 4.69) is 5.32 Å². The maximum Gasteiger partial charge on any atom is 0.243 e. The molecule has 0 aliphatic heterocycles. The number of hydrogen-bond donors (Lipinski definition) is 1. The van der Waals surface area contributed by atoms with Crippen molar-refractivity contribution in [2.75, 3.05) is 13.6 Å². The van der Waals surface area contributed by atoms with Gasteiger partial charge in [-0.05, 0) is 62.2 Å². The number of nitrogens with zero attached hydrogens (tertiary/aromatic N) is 2. The van der Waals surface area contributed by atoms with Gasteiger partial charge in [-0.3, -0.25) is 9.59 Å². The number of halogens is 3. The molecule has 2 aromatic carbocycles. The molecule has 1 N–H and O–H groups in total. The summed E-state index contributed by atoms with van der Waals surface area (Å²) in [4.78, 5) is 27.4. The van der Waals surface area contributed by atoms with E-state index in [1.165, 1.54) is 36.2 Å². The zero-order valence-electron chi connectivity index (χ0n) is 19.4. The summed E-state index contributed by atoms with van der Waals surface area (Å²) < 4.78 is 26.8. The summed E-state index contributed by atoms with van der Waals surface area (Å²) in [6.07, 6.45) is 0.723. The molecule has 0 aliphatic rings. The van der Waals surface area contributed by atoms with E-state index in [9.17, 15) is 18.0 Å². The van der Waals surface area contributed by atoms with Crippen LogP contribution < -0.4 is 5.32 Å². The molecule has 0 radical (unpaired) electrons. The minimum atomic E-state index is -3.95. The van der Waals surface area contributed by atoms with Gasteiger partial charge in [0.15, 0.2) is 0 Å². The summed E-state index contributed by atoms with van der Waals surface area (Å²) in [7, 11) is -2.64. The van der Waals surface area contributed by atoms with Crippen LogP contribution in [0.4, 0.5) is 0 Å². The third-order valence-corrected chi connectivity index (χ3v) is 8.19. The van der Waals surface area contributed by atoms with Crippen molar-refractivity contribution in [3.8, 4) is 0 Å². The Morgan fingerprint density at radius 3 is 2.18 bits per heavy atom. The van der Waals surface area contributed by atoms with Crippen LogP contribution in [-0.4, -0.2) is 55.1 Å². The normalized spacial score (nSPS) is 13.4. The average molecular weight is 549 g/mol. The number of nitrogens with one attached hydrogen (secondary N) is 1. The van der Waals surface area contributed by atoms with Gasteiger partial charge < -0.3 is 10.2 Å². The topological polar surface area (TPSA) is 86.8 Å². The van der Waals surface area contributed by atoms with Crippen LogP contribution in [0.15, 0.2) is 47.4 Å². The maximum absolute atomic E-state index is 13.3. The van der Waals surface area contributed by atoms with E-state index >= 15 is 0 Å². The van der Waals surface area contributed by atoms with Gasteiger partial charge in [0.05, 0.1) is 21.5 Å². The Balaban J connectivity index is 2.30. The minimum absolute atomic E-state index is 0.00537. The largest absolute Gasteiger partial charge is 0.352 e. The van der Waals surface area contributed by atoms with E-state index in [1.807, 2.05) is 13.8 Å². The van der Waals surface area contributed by atoms with Gasteiger partial charge >= 0.3 is 0 Å². The Morgan fingerprint density at radius 2 is 1.62 bits per heavy atom. The first-order valence-corrected chi connectivity index (χ1v) is 13.2. The minimum Gasteiger partial charge on any atom is -0.352 e. The van der Waals surface area contributed by atoms with Crippen molar-refractivity contribution in [1.82, 2.24) is 14.5 Å². The highest BCUT2D eigenvalue weighted by atomic mass is 35.5. The standard InChI is InChI=1S/C23H28Cl3N3O4S/c1-5-15(2)27-23(31)16(3)29(13-17-6-11-20(25)21(26)12-17)22(30)14-28(4)34(32,33)19-9-7-18(24)8-10-19/h6-12,15-16H,5,13-14H2,1-4H3,(H,27,31)/t15-,16-/m0/s1. The van der Waals surface area contributed by atoms with Crippen LogP contribution in [-0.2, 0) is 26.2 Å². The van der Waals surface area contributed by atoms with E-state index in [-0.39, 0.29) is 23.4 Å². The molecule has 2 aromatic rings. The molecule has 2 amide bonds. The van der Waals surface area contributed by atoms with E-state index in [4.69, 9.17) is 34.8 Å². The van der Waals surface area contributed by atoms with Crippen molar-refractivity contribution in [1.29, 1.82) is 0 Å². The van der Waals surface area contributed by atoms with Crippen molar-refractivity contribution in [3.05, 3.63) is 63.1 Å². The quantitative estimate of drug-likeness (QED) is 0.470. The second kappa shape index (κ2) is 12.2. The van der Waals surface area contributed by atoms with Crippen LogP contribution >= 0.6 is 34.8 Å². The molecule has 7 nitrogen and oxygen atoms in total. The predicted molar refractivity (Wildman–Crippen MR) is 136 cm³/mol. The fourth-order valence-electron chi connectivity index (χ4n) is 3.04. The van der Waals surface area contributed by atoms with Gasteiger partial charge in [0.25, 0.3) is 0 Å². The third-order valence-electron chi connectivity index (χ3n) is 5.38. The molecular formula is C23H28Cl3N3O4S. The van der Waals surface area contributed by atoms with Gasteiger partial charge in [-0.15, -0.1) is 0 Å². The summed E-state index contributed by atoms with van der Waals surface area (Å²) in [5, 5.41) is 3.93. The molecule has 2 atom stereocenters. The molecule has 34 heavy (non-hydrogen) atoms. The Morgan fingerprint density at radius 1 is 1.00 bits per heavy atom. The summed E-state index contributed by atoms with van der Waals surface area (Å²) in [6.45, 7) is 4.97. The van der Waals surface area contributed by atoms with Crippen LogP contribution in [0, 0.1) is 0 Å². The number of likely N-dealkylation sites (N-methyl/N-ethyl adjacent to an activating group) is 1. The van der Waals surface area contributed by atoms with Crippen molar-refractivity contribution in [3.63, 3.8) is 0 Å². The molecule has 2 rings (SSSR count). The van der Waals surface area contributed by atoms with Crippen molar-refractivity contribution < 1.29 is 18.0 Å². The van der Waals surface area contributed by atoms with E-state index in [1.54, 1.807) is 25.1 Å². The fraction of sp³-hybridized carbons (Fsp3) is 0.391. The van der Waals surface area contributed by atoms with Crippen molar-refractivity contribution in [2.24, 2.45) is 0 Å². The summed E-state index contributed by atoms with van der Waals surface area (Å²) in [5.41, 5.74) is 0.647. The molecule has 0 saturated heterocycles. The second-order valence-corrected chi connectivity index (χ2v) is 11.3. The molecule has 0 aliphatic carbocycles. The van der Waals surface area contributed by atoms with Gasteiger partial charge in [0.1, 0.15) is 6.04 Å². The third kappa shape index (κ3) is 7.33. The molecule has 0 bridgehead atoms. The Hall–Kier alpha value is -1.84. The van der Waals surface area contributed by atoms with Crippen molar-refractivity contribution >= 4 is 56.6 Å². The Bertz CT molecular complexity index is 1130. The van der Waals surface area contributed by atoms with Crippen LogP contribution in [0.2, 0.25) is 15.1 Å². The van der Waals surface area contributed by atoms with Gasteiger partial charge in [-0.25, -0.2) is 8.42 Å². The molecule has 0 aromatic heterocycles. The molecule has 0 saturated carbocycles. The highest BCUT2D eigenvalue weighted by Crippen LogP contribution is 2.24. The first-order chi connectivity index (χ1) is 15.9. The Labute approximate surface area is 216 Å². The average Bonchev–Trinajstić information content (AvgIpc) is 2.79. The first-order valence-electron chi connectivity index (χ1n) is 10.6. The predicted octanol–water partition coefficient (Wildman–Crippen LogP) is 4.60. The van der Waals surface area contributed by atoms with Gasteiger partial charge in [0, 0.05) is 24.7 Å². The number of rotatable bonds is 10. The van der Waals surface area contributed by atoms with Crippen LogP contribution in [0.3, 0.4) is 0 Å². The summed E-state index contributed by atoms with van der Waals surface area (Å²) in [6, 6.07) is 9.63. The summed E-state index contributed by atoms with van der Waals surface area (Å²) >= 11 is 18.0. The molecule has 11 heteroatoms. The lowest BCUT2D eigenvalue weighted by molar-refractivity contribution is -0.140. The van der Waals surface area contributed by atoms with Gasteiger partial charge in [-0.1, -0.05) is 47.8 Å². The summed E-state index contributed by atoms with van der Waals surface area (Å²) in [5.74, 6) is -0.885. The number of hydrogen-bond acceptors (Lipinski definition) is 4. The highest BCUT2D eigenvalue weighted by Gasteiger charge is 2.30. The molecule has 186 valence electrons. The second-order valence-electron chi connectivity index (χ2n) is 7.98. The lowest BCUT2D eigenvalue weighted by Crippen LogP contribution is -2.51. The maximum atomic E-state index is 13.3. The SMILES string of the molecule is CC[C@H](C)NC(=O)[C@H](C)N(Cc1ccc(Cl)c(Cl)c1)C(=O)CN(C)S(=O)(=O)c1ccc(Cl)cc1. The smallest absolute Gasteiger partial charge is 0.243 e. The molecule has 0 spiro atoms. The lowest BCUT2D eigenvalue weighted by Gasteiger charge is -2.31. The van der Waals surface area contributed by atoms with Crippen molar-refractivity contribution in [2.45, 2.75) is 50.7 Å². The number of benzene rings is 2. The first kappa shape index (κ1) is 28.4. The molecular weight excluding hydrogens is 521 g/mol. The molecule has 0 heterocycles. The highest BCUT2D eigenvalue weighted by molar-refractivity contribution is 7.89. The van der Waals surface area contributed by atoms with Gasteiger partial charge in [0.2, 0.25) is 21.8 Å². The van der Waals surface area contributed by atoms with E-state index in [0.29, 0.717) is 20.6 Å². The number of amides is 2. The number of carbonyl (C=O) groups excluding carboxylic acids is 2. The van der Waals surface area contributed by atoms with Crippen LogP contribution in [0.5, 0.6) is 0 Å². The zero-order valence-corrected chi connectivity index (χ0v) is 22.5. The zero-order chi connectivity index (χ0) is 25.6. The molecule has 0 unspecified atom stereocenters.